The van der Waals surface area contributed by atoms with Crippen LogP contribution < -0.4 is 5.32 Å². The number of rotatable bonds is 3. The first-order valence-electron chi connectivity index (χ1n) is 5.17. The fourth-order valence-electron chi connectivity index (χ4n) is 1.28. The molecule has 0 atom stereocenters. The van der Waals surface area contributed by atoms with E-state index in [0.717, 1.165) is 10.9 Å². The molecule has 0 unspecified atom stereocenters. The van der Waals surface area contributed by atoms with E-state index in [2.05, 4.69) is 36.4 Å². The molecule has 1 aromatic heterocycles. The van der Waals surface area contributed by atoms with Crippen LogP contribution in [-0.4, -0.2) is 21.1 Å². The second kappa shape index (κ2) is 5.09. The maximum Gasteiger partial charge on any atom is 0.295 e. The molecule has 1 heterocycles. The lowest BCUT2D eigenvalue weighted by Gasteiger charge is -2.01. The summed E-state index contributed by atoms with van der Waals surface area (Å²) in [6, 6.07) is 7.31. The summed E-state index contributed by atoms with van der Waals surface area (Å²) in [5.41, 5.74) is 0.709. The number of amides is 1. The van der Waals surface area contributed by atoms with Gasteiger partial charge in [0, 0.05) is 16.6 Å². The van der Waals surface area contributed by atoms with Crippen molar-refractivity contribution in [1.82, 2.24) is 15.2 Å². The van der Waals surface area contributed by atoms with Gasteiger partial charge in [0.1, 0.15) is 5.82 Å². The van der Waals surface area contributed by atoms with Crippen molar-refractivity contribution < 1.29 is 4.79 Å². The van der Waals surface area contributed by atoms with E-state index in [-0.39, 0.29) is 11.7 Å². The third kappa shape index (κ3) is 2.91. The first-order chi connectivity index (χ1) is 8.19. The molecule has 5 nitrogen and oxygen atoms in total. The normalized spacial score (nSPS) is 10.2. The van der Waals surface area contributed by atoms with Crippen LogP contribution in [0.4, 0.5) is 5.69 Å². The van der Waals surface area contributed by atoms with Crippen LogP contribution >= 0.6 is 15.9 Å². The number of H-pyrrole nitrogens is 1. The fraction of sp³-hybridized carbons (Fsp3) is 0.182. The highest BCUT2D eigenvalue weighted by Gasteiger charge is 2.11. The lowest BCUT2D eigenvalue weighted by atomic mass is 10.3. The average Bonchev–Trinajstić information content (AvgIpc) is 2.81. The molecule has 1 amide bonds. The number of nitrogens with zero attached hydrogens (tertiary/aromatic N) is 2. The molecule has 0 aliphatic heterocycles. The Bertz CT molecular complexity index is 521. The first-order valence-corrected chi connectivity index (χ1v) is 5.96. The molecule has 0 bridgehead atoms. The largest absolute Gasteiger partial charge is 0.319 e. The van der Waals surface area contributed by atoms with Crippen LogP contribution in [0.15, 0.2) is 28.7 Å². The van der Waals surface area contributed by atoms with Crippen LogP contribution in [0.1, 0.15) is 23.4 Å². The molecular formula is C11H11BrN4O. The topological polar surface area (TPSA) is 70.7 Å². The third-order valence-corrected chi connectivity index (χ3v) is 2.70. The lowest BCUT2D eigenvalue weighted by molar-refractivity contribution is 0.101. The Morgan fingerprint density at radius 2 is 2.12 bits per heavy atom. The Balaban J connectivity index is 2.08. The van der Waals surface area contributed by atoms with E-state index in [1.54, 1.807) is 12.1 Å². The Morgan fingerprint density at radius 3 is 2.71 bits per heavy atom. The number of carbonyl (C=O) groups is 1. The molecule has 0 spiro atoms. The summed E-state index contributed by atoms with van der Waals surface area (Å²) in [6.07, 6.45) is 0.721. The maximum atomic E-state index is 11.8. The van der Waals surface area contributed by atoms with Crippen LogP contribution in [0, 0.1) is 0 Å². The monoisotopic (exact) mass is 294 g/mol. The second-order valence-corrected chi connectivity index (χ2v) is 4.34. The molecule has 88 valence electrons. The SMILES string of the molecule is CCc1nc(C(=O)Nc2ccc(Br)cc2)n[nH]1. The number of nitrogens with one attached hydrogen (secondary N) is 2. The molecule has 2 aromatic rings. The van der Waals surface area contributed by atoms with Crippen LogP contribution in [0.5, 0.6) is 0 Å². The fourth-order valence-corrected chi connectivity index (χ4v) is 1.54. The van der Waals surface area contributed by atoms with Crippen LogP contribution in [0.3, 0.4) is 0 Å². The molecule has 0 saturated heterocycles. The van der Waals surface area contributed by atoms with Crippen molar-refractivity contribution in [3.05, 3.63) is 40.4 Å². The van der Waals surface area contributed by atoms with Gasteiger partial charge in [0.05, 0.1) is 0 Å². The van der Waals surface area contributed by atoms with Gasteiger partial charge in [-0.15, -0.1) is 5.10 Å². The van der Waals surface area contributed by atoms with E-state index in [9.17, 15) is 4.79 Å². The van der Waals surface area contributed by atoms with E-state index >= 15 is 0 Å². The summed E-state index contributed by atoms with van der Waals surface area (Å²) >= 11 is 3.33. The molecule has 2 rings (SSSR count). The summed E-state index contributed by atoms with van der Waals surface area (Å²) in [6.45, 7) is 1.94. The number of halogens is 1. The number of hydrogen-bond acceptors (Lipinski definition) is 3. The number of benzene rings is 1. The van der Waals surface area contributed by atoms with E-state index in [0.29, 0.717) is 11.5 Å². The predicted octanol–water partition coefficient (Wildman–Crippen LogP) is 2.38. The van der Waals surface area contributed by atoms with Gasteiger partial charge in [0.25, 0.3) is 5.91 Å². The van der Waals surface area contributed by atoms with Gasteiger partial charge in [-0.05, 0) is 24.3 Å². The minimum atomic E-state index is -0.316. The van der Waals surface area contributed by atoms with E-state index in [1.165, 1.54) is 0 Å². The molecule has 17 heavy (non-hydrogen) atoms. The van der Waals surface area contributed by atoms with Crippen molar-refractivity contribution in [2.75, 3.05) is 5.32 Å². The van der Waals surface area contributed by atoms with Crippen LogP contribution in [0.25, 0.3) is 0 Å². The van der Waals surface area contributed by atoms with Gasteiger partial charge in [0.15, 0.2) is 0 Å². The van der Waals surface area contributed by atoms with Crippen molar-refractivity contribution in [3.63, 3.8) is 0 Å². The van der Waals surface area contributed by atoms with Crippen molar-refractivity contribution in [3.8, 4) is 0 Å². The molecule has 1 aromatic carbocycles. The zero-order valence-electron chi connectivity index (χ0n) is 9.20. The predicted molar refractivity (Wildman–Crippen MR) is 67.9 cm³/mol. The Labute approximate surface area is 107 Å². The molecule has 0 aliphatic rings. The Hall–Kier alpha value is -1.69. The smallest absolute Gasteiger partial charge is 0.295 e. The van der Waals surface area contributed by atoms with Crippen LogP contribution in [0.2, 0.25) is 0 Å². The van der Waals surface area contributed by atoms with E-state index in [1.807, 2.05) is 19.1 Å². The zero-order chi connectivity index (χ0) is 12.3. The number of aromatic amines is 1. The quantitative estimate of drug-likeness (QED) is 0.913. The Kier molecular flexibility index (Phi) is 3.53. The maximum absolute atomic E-state index is 11.8. The standard InChI is InChI=1S/C11H11BrN4O/c1-2-9-14-10(16-15-9)11(17)13-8-5-3-7(12)4-6-8/h3-6H,2H2,1H3,(H,13,17)(H,14,15,16). The van der Waals surface area contributed by atoms with Gasteiger partial charge in [-0.2, -0.15) is 0 Å². The van der Waals surface area contributed by atoms with Gasteiger partial charge in [-0.25, -0.2) is 4.98 Å². The second-order valence-electron chi connectivity index (χ2n) is 3.42. The van der Waals surface area contributed by atoms with Crippen molar-refractivity contribution in [1.29, 1.82) is 0 Å². The van der Waals surface area contributed by atoms with Gasteiger partial charge >= 0.3 is 0 Å². The molecule has 2 N–H and O–H groups in total. The molecule has 0 fully saturated rings. The van der Waals surface area contributed by atoms with E-state index in [4.69, 9.17) is 0 Å². The minimum absolute atomic E-state index is 0.157. The molecule has 6 heteroatoms. The van der Waals surface area contributed by atoms with Crippen molar-refractivity contribution in [2.24, 2.45) is 0 Å². The highest BCUT2D eigenvalue weighted by molar-refractivity contribution is 9.10. The molecular weight excluding hydrogens is 284 g/mol. The lowest BCUT2D eigenvalue weighted by Crippen LogP contribution is -2.13. The highest BCUT2D eigenvalue weighted by atomic mass is 79.9. The molecule has 0 radical (unpaired) electrons. The minimum Gasteiger partial charge on any atom is -0.319 e. The third-order valence-electron chi connectivity index (χ3n) is 2.17. The summed E-state index contributed by atoms with van der Waals surface area (Å²) in [5.74, 6) is 0.541. The number of anilines is 1. The summed E-state index contributed by atoms with van der Waals surface area (Å²) in [7, 11) is 0. The first kappa shape index (κ1) is 11.8. The van der Waals surface area contributed by atoms with Gasteiger partial charge < -0.3 is 5.32 Å². The summed E-state index contributed by atoms with van der Waals surface area (Å²) in [5, 5.41) is 9.26. The van der Waals surface area contributed by atoms with Crippen molar-refractivity contribution in [2.45, 2.75) is 13.3 Å². The van der Waals surface area contributed by atoms with Gasteiger partial charge in [0.2, 0.25) is 5.82 Å². The number of carbonyl (C=O) groups excluding carboxylic acids is 1. The number of aryl methyl sites for hydroxylation is 1. The molecule has 0 saturated carbocycles. The van der Waals surface area contributed by atoms with Gasteiger partial charge in [-0.1, -0.05) is 22.9 Å². The number of aromatic nitrogens is 3. The zero-order valence-corrected chi connectivity index (χ0v) is 10.8. The van der Waals surface area contributed by atoms with Crippen LogP contribution in [-0.2, 0) is 6.42 Å². The average molecular weight is 295 g/mol. The molecule has 0 aliphatic carbocycles. The summed E-state index contributed by atoms with van der Waals surface area (Å²) in [4.78, 5) is 15.8. The van der Waals surface area contributed by atoms with E-state index < -0.39 is 0 Å². The number of hydrogen-bond donors (Lipinski definition) is 2. The summed E-state index contributed by atoms with van der Waals surface area (Å²) < 4.78 is 0.960. The van der Waals surface area contributed by atoms with Crippen molar-refractivity contribution >= 4 is 27.5 Å². The Morgan fingerprint density at radius 1 is 1.41 bits per heavy atom. The highest BCUT2D eigenvalue weighted by Crippen LogP contribution is 2.14. The van der Waals surface area contributed by atoms with Gasteiger partial charge in [-0.3, -0.25) is 9.89 Å².